The molecule has 0 aliphatic carbocycles. The van der Waals surface area contributed by atoms with Crippen molar-refractivity contribution in [2.45, 2.75) is 177 Å². The van der Waals surface area contributed by atoms with Crippen LogP contribution in [-0.2, 0) is 37.3 Å². The molecule has 6 heteroatoms. The van der Waals surface area contributed by atoms with E-state index in [0.29, 0.717) is 11.5 Å². The van der Waals surface area contributed by atoms with Gasteiger partial charge in [0.05, 0.1) is 0 Å². The number of carbonyl (C=O) groups is 1. The molecular formula is C52H69O5P. The average molecular weight is 805 g/mol. The summed E-state index contributed by atoms with van der Waals surface area (Å²) in [6.07, 6.45) is 0. The molecule has 312 valence electrons. The molecule has 0 amide bonds. The van der Waals surface area contributed by atoms with Crippen LogP contribution in [0.5, 0.6) is 11.5 Å². The van der Waals surface area contributed by atoms with Gasteiger partial charge in [0.25, 0.3) is 0 Å². The molecule has 6 rings (SSSR count). The van der Waals surface area contributed by atoms with E-state index < -0.39 is 14.2 Å². The lowest BCUT2D eigenvalue weighted by Crippen LogP contribution is -2.17. The fourth-order valence-electron chi connectivity index (χ4n) is 7.98. The topological polar surface area (TPSA) is 61.8 Å². The van der Waals surface area contributed by atoms with Gasteiger partial charge in [-0.15, -0.1) is 0 Å². The van der Waals surface area contributed by atoms with E-state index in [1.165, 1.54) is 16.7 Å². The third-order valence-corrected chi connectivity index (χ3v) is 12.7. The van der Waals surface area contributed by atoms with Gasteiger partial charge in [0.15, 0.2) is 0 Å². The van der Waals surface area contributed by atoms with E-state index in [4.69, 9.17) is 17.7 Å². The monoisotopic (exact) mass is 804 g/mol. The van der Waals surface area contributed by atoms with Gasteiger partial charge in [0.1, 0.15) is 28.6 Å². The molecular weight excluding hydrogens is 736 g/mol. The van der Waals surface area contributed by atoms with Crippen molar-refractivity contribution >= 4 is 36.1 Å². The van der Waals surface area contributed by atoms with E-state index in [2.05, 4.69) is 173 Å². The molecule has 1 atom stereocenters. The zero-order valence-corrected chi connectivity index (χ0v) is 40.1. The first kappa shape index (κ1) is 43.6. The summed E-state index contributed by atoms with van der Waals surface area (Å²) in [5, 5.41) is 2.06. The van der Waals surface area contributed by atoms with Crippen molar-refractivity contribution in [3.63, 3.8) is 0 Å². The summed E-state index contributed by atoms with van der Waals surface area (Å²) in [4.78, 5) is 13.9. The van der Waals surface area contributed by atoms with Crippen molar-refractivity contribution in [3.05, 3.63) is 104 Å². The second-order valence-electron chi connectivity index (χ2n) is 23.1. The van der Waals surface area contributed by atoms with Crippen molar-refractivity contribution in [1.29, 1.82) is 0 Å². The Bertz CT molecular complexity index is 2370. The van der Waals surface area contributed by atoms with Crippen LogP contribution in [0.4, 0.5) is 0 Å². The van der Waals surface area contributed by atoms with Gasteiger partial charge >= 0.3 is 14.2 Å². The smallest absolute Gasteiger partial charge is 0.425 e. The van der Waals surface area contributed by atoms with Crippen LogP contribution in [0.15, 0.2) is 56.9 Å². The zero-order chi connectivity index (χ0) is 43.5. The van der Waals surface area contributed by atoms with Gasteiger partial charge in [-0.2, -0.15) is 0 Å². The molecule has 4 aromatic carbocycles. The van der Waals surface area contributed by atoms with Crippen LogP contribution in [0.2, 0.25) is 0 Å². The van der Waals surface area contributed by atoms with Crippen molar-refractivity contribution in [2.75, 3.05) is 0 Å². The summed E-state index contributed by atoms with van der Waals surface area (Å²) >= 11 is 0. The number of ether oxygens (including phenoxy) is 1. The molecule has 2 heterocycles. The quantitative estimate of drug-likeness (QED) is 0.134. The van der Waals surface area contributed by atoms with Crippen LogP contribution in [0, 0.1) is 13.8 Å². The molecule has 58 heavy (non-hydrogen) atoms. The van der Waals surface area contributed by atoms with Gasteiger partial charge in [-0.3, -0.25) is 4.79 Å². The Balaban J connectivity index is 1.62. The van der Waals surface area contributed by atoms with Crippen molar-refractivity contribution in [1.82, 2.24) is 0 Å². The van der Waals surface area contributed by atoms with E-state index in [1.54, 1.807) is 0 Å². The van der Waals surface area contributed by atoms with Gasteiger partial charge in [0.2, 0.25) is 0 Å². The molecule has 0 spiro atoms. The first-order valence-corrected chi connectivity index (χ1v) is 22.1. The molecule has 5 nitrogen and oxygen atoms in total. The number of esters is 1. The molecule has 0 radical (unpaired) electrons. The van der Waals surface area contributed by atoms with E-state index in [9.17, 15) is 4.79 Å². The lowest BCUT2D eigenvalue weighted by Gasteiger charge is -2.27. The lowest BCUT2D eigenvalue weighted by atomic mass is 9.77. The maximum absolute atomic E-state index is 13.9. The second-order valence-corrected chi connectivity index (χ2v) is 24.1. The van der Waals surface area contributed by atoms with Crippen LogP contribution in [-0.4, -0.2) is 5.97 Å². The third kappa shape index (κ3) is 8.27. The molecule has 0 saturated carbocycles. The van der Waals surface area contributed by atoms with Crippen molar-refractivity contribution in [2.24, 2.45) is 0 Å². The van der Waals surface area contributed by atoms with E-state index in [0.717, 1.165) is 60.9 Å². The Morgan fingerprint density at radius 1 is 0.500 bits per heavy atom. The SMILES string of the molecule is Cc1cc(C2C(=O)Oc3c2cc(C(C)(C)C)cc3C(C)(C)C)cc(C)c1Op1oc2c(C(C)(C)C)cc(C(C)(C)C)cc2c2cc(C(C)(C)C)cc(C(C)(C)C)c2o1. The molecule has 1 aliphatic heterocycles. The minimum absolute atomic E-state index is 0.0943. The summed E-state index contributed by atoms with van der Waals surface area (Å²) in [5.41, 5.74) is 11.2. The predicted octanol–water partition coefficient (Wildman–Crippen LogP) is 15.6. The minimum Gasteiger partial charge on any atom is -0.425 e. The molecule has 5 aromatic rings. The molecule has 0 fully saturated rings. The number of hydrogen-bond acceptors (Lipinski definition) is 5. The Kier molecular flexibility index (Phi) is 10.6. The zero-order valence-electron chi connectivity index (χ0n) is 39.2. The summed E-state index contributed by atoms with van der Waals surface area (Å²) in [5.74, 6) is 0.594. The van der Waals surface area contributed by atoms with Crippen LogP contribution in [0.1, 0.15) is 186 Å². The standard InChI is InChI=1S/C52H69O5P/c1-29-21-31(41-37-25-34(49(9,10)11)26-38(50(12,13)14)43(37)54-46(41)53)22-30(2)42(29)55-58-56-44-35(23-32(47(3,4)5)27-39(44)51(15,16)17)36-24-33(48(6,7)8)28-40(45(36)57-58)52(18,19)20/h21-28,41H,1-20H3. The largest absolute Gasteiger partial charge is 0.453 e. The van der Waals surface area contributed by atoms with E-state index in [1.807, 2.05) is 13.8 Å². The highest BCUT2D eigenvalue weighted by molar-refractivity contribution is 7.32. The summed E-state index contributed by atoms with van der Waals surface area (Å²) in [7, 11) is -1.98. The van der Waals surface area contributed by atoms with E-state index in [-0.39, 0.29) is 38.5 Å². The first-order chi connectivity index (χ1) is 26.3. The number of hydrogen-bond donors (Lipinski definition) is 0. The van der Waals surface area contributed by atoms with Crippen LogP contribution >= 0.6 is 8.24 Å². The van der Waals surface area contributed by atoms with Gasteiger partial charge in [-0.25, -0.2) is 0 Å². The molecule has 1 aliphatic rings. The normalized spacial score (nSPS) is 15.6. The highest BCUT2D eigenvalue weighted by atomic mass is 31.1. The van der Waals surface area contributed by atoms with Crippen LogP contribution < -0.4 is 9.26 Å². The first-order valence-electron chi connectivity index (χ1n) is 21.0. The van der Waals surface area contributed by atoms with Gasteiger partial charge in [0, 0.05) is 33.0 Å². The Hall–Kier alpha value is -3.95. The fraction of sp³-hybridized carbons (Fsp3) is 0.519. The summed E-state index contributed by atoms with van der Waals surface area (Å²) in [6.45, 7) is 44.3. The number of carbonyl (C=O) groups excluding carboxylic acids is 1. The molecule has 1 aromatic heterocycles. The second kappa shape index (κ2) is 14.1. The molecule has 0 saturated heterocycles. The highest BCUT2D eigenvalue weighted by Crippen LogP contribution is 2.50. The summed E-state index contributed by atoms with van der Waals surface area (Å²) < 4.78 is 27.3. The summed E-state index contributed by atoms with van der Waals surface area (Å²) in [6, 6.07) is 17.8. The number of fused-ring (bicyclic) bond motifs is 4. The maximum atomic E-state index is 13.9. The van der Waals surface area contributed by atoms with Gasteiger partial charge < -0.3 is 17.7 Å². The Morgan fingerprint density at radius 2 is 0.879 bits per heavy atom. The number of aryl methyl sites for hydroxylation is 2. The minimum atomic E-state index is -1.98. The van der Waals surface area contributed by atoms with Gasteiger partial charge in [-0.05, 0) is 91.9 Å². The van der Waals surface area contributed by atoms with E-state index >= 15 is 0 Å². The fourth-order valence-corrected chi connectivity index (χ4v) is 9.22. The molecule has 1 unspecified atom stereocenters. The maximum Gasteiger partial charge on any atom is 0.453 e. The van der Waals surface area contributed by atoms with Crippen molar-refractivity contribution < 1.29 is 22.4 Å². The van der Waals surface area contributed by atoms with Crippen LogP contribution in [0.3, 0.4) is 0 Å². The lowest BCUT2D eigenvalue weighted by molar-refractivity contribution is -0.133. The number of benzene rings is 4. The highest BCUT2D eigenvalue weighted by Gasteiger charge is 2.40. The average Bonchev–Trinajstić information content (AvgIpc) is 3.29. The Labute approximate surface area is 349 Å². The molecule has 0 bridgehead atoms. The van der Waals surface area contributed by atoms with Crippen LogP contribution in [0.25, 0.3) is 21.9 Å². The number of rotatable bonds is 3. The third-order valence-electron chi connectivity index (χ3n) is 11.7. The van der Waals surface area contributed by atoms with Gasteiger partial charge in [-0.1, -0.05) is 161 Å². The molecule has 0 N–H and O–H groups in total. The van der Waals surface area contributed by atoms with Crippen molar-refractivity contribution in [3.8, 4) is 11.5 Å². The predicted molar refractivity (Wildman–Crippen MR) is 244 cm³/mol. The Morgan fingerprint density at radius 3 is 1.26 bits per heavy atom.